The predicted molar refractivity (Wildman–Crippen MR) is 77.0 cm³/mol. The molecule has 0 amide bonds. The van der Waals surface area contributed by atoms with Crippen LogP contribution in [0.15, 0.2) is 24.3 Å². The molecule has 0 unspecified atom stereocenters. The summed E-state index contributed by atoms with van der Waals surface area (Å²) in [6.07, 6.45) is 0.986. The highest BCUT2D eigenvalue weighted by atomic mass is 35.7. The van der Waals surface area contributed by atoms with Crippen molar-refractivity contribution in [1.29, 1.82) is 0 Å². The normalized spacial score (nSPS) is 12.9. The zero-order valence-electron chi connectivity index (χ0n) is 10.5. The van der Waals surface area contributed by atoms with Crippen molar-refractivity contribution in [2.45, 2.75) is 45.2 Å². The smallest absolute Gasteiger partial charge is 0.146 e. The molecule has 0 spiro atoms. The predicted octanol–water partition coefficient (Wildman–Crippen LogP) is 5.08. The Kier molecular flexibility index (Phi) is 4.50. The third-order valence-corrected chi connectivity index (χ3v) is 4.93. The van der Waals surface area contributed by atoms with Crippen molar-refractivity contribution in [3.63, 3.8) is 0 Å². The molecule has 0 N–H and O–H groups in total. The van der Waals surface area contributed by atoms with Crippen LogP contribution in [-0.4, -0.2) is 6.69 Å². The Hall–Kier alpha value is 0.0169. The van der Waals surface area contributed by atoms with Crippen molar-refractivity contribution >= 4 is 28.9 Å². The monoisotopic (exact) mass is 274 g/mol. The topological polar surface area (TPSA) is 0 Å². The lowest BCUT2D eigenvalue weighted by atomic mass is 9.86. The van der Waals surface area contributed by atoms with Gasteiger partial charge in [-0.2, -0.15) is 0 Å². The molecule has 1 aromatic rings. The van der Waals surface area contributed by atoms with Gasteiger partial charge in [0.2, 0.25) is 6.69 Å². The lowest BCUT2D eigenvalue weighted by molar-refractivity contribution is 0.590. The van der Waals surface area contributed by atoms with Gasteiger partial charge in [0.25, 0.3) is 0 Å². The fraction of sp³-hybridized carbons (Fsp3) is 0.538. The van der Waals surface area contributed by atoms with Crippen LogP contribution in [0, 0.1) is 0 Å². The van der Waals surface area contributed by atoms with E-state index >= 15 is 0 Å². The van der Waals surface area contributed by atoms with Gasteiger partial charge in [0.15, 0.2) is 0 Å². The van der Waals surface area contributed by atoms with Gasteiger partial charge in [-0.05, 0) is 35.6 Å². The molecular weight excluding hydrogens is 255 g/mol. The summed E-state index contributed by atoms with van der Waals surface area (Å²) in [7, 11) is 0. The summed E-state index contributed by atoms with van der Waals surface area (Å²) in [6.45, 7) is 6.70. The van der Waals surface area contributed by atoms with E-state index < -0.39 is 6.69 Å². The number of benzene rings is 1. The van der Waals surface area contributed by atoms with E-state index in [0.29, 0.717) is 0 Å². The second-order valence-corrected chi connectivity index (χ2v) is 13.7. The van der Waals surface area contributed by atoms with Gasteiger partial charge in [-0.3, -0.25) is 0 Å². The van der Waals surface area contributed by atoms with Crippen LogP contribution in [0.4, 0.5) is 0 Å². The number of hydrogen-bond acceptors (Lipinski definition) is 0. The fourth-order valence-electron chi connectivity index (χ4n) is 1.54. The molecule has 0 heterocycles. The maximum atomic E-state index is 6.09. The van der Waals surface area contributed by atoms with Crippen LogP contribution in [0.25, 0.3) is 0 Å². The van der Waals surface area contributed by atoms with Crippen molar-refractivity contribution < 1.29 is 0 Å². The van der Waals surface area contributed by atoms with E-state index in [-0.39, 0.29) is 5.41 Å². The molecule has 0 bridgehead atoms. The highest BCUT2D eigenvalue weighted by Crippen LogP contribution is 2.25. The van der Waals surface area contributed by atoms with Gasteiger partial charge < -0.3 is 0 Å². The molecular formula is C13H20Cl2Si. The van der Waals surface area contributed by atoms with Gasteiger partial charge in [-0.1, -0.05) is 45.0 Å². The van der Waals surface area contributed by atoms with Crippen LogP contribution in [0.1, 0.15) is 31.9 Å². The Morgan fingerprint density at radius 3 is 1.94 bits per heavy atom. The maximum Gasteiger partial charge on any atom is 0.248 e. The first kappa shape index (κ1) is 14.1. The summed E-state index contributed by atoms with van der Waals surface area (Å²) in [6, 6.07) is 9.71. The zero-order chi connectivity index (χ0) is 12.4. The summed E-state index contributed by atoms with van der Waals surface area (Å²) in [5.41, 5.74) is 2.92. The molecule has 0 aliphatic heterocycles. The van der Waals surface area contributed by atoms with Gasteiger partial charge in [-0.15, -0.1) is 22.2 Å². The van der Waals surface area contributed by atoms with Crippen molar-refractivity contribution in [3.8, 4) is 0 Å². The van der Waals surface area contributed by atoms with Gasteiger partial charge in [0, 0.05) is 0 Å². The van der Waals surface area contributed by atoms with Crippen LogP contribution < -0.4 is 0 Å². The highest BCUT2D eigenvalue weighted by Gasteiger charge is 2.20. The molecule has 90 valence electrons. The van der Waals surface area contributed by atoms with Crippen LogP contribution in [-0.2, 0) is 11.8 Å². The standard InChI is InChI=1S/C13H20Cl2Si/c1-13(2,3)12-7-5-11(6-8-12)9-10-16(4,14)15/h5-8H,9-10H2,1-4H3. The third kappa shape index (κ3) is 4.90. The van der Waals surface area contributed by atoms with Gasteiger partial charge >= 0.3 is 0 Å². The molecule has 0 fully saturated rings. The van der Waals surface area contributed by atoms with Crippen molar-refractivity contribution in [1.82, 2.24) is 0 Å². The average Bonchev–Trinajstić information content (AvgIpc) is 2.13. The minimum Gasteiger partial charge on any atom is -0.146 e. The van der Waals surface area contributed by atoms with Crippen molar-refractivity contribution in [2.24, 2.45) is 0 Å². The molecule has 0 atom stereocenters. The van der Waals surface area contributed by atoms with Crippen LogP contribution in [0.3, 0.4) is 0 Å². The minimum atomic E-state index is -1.95. The first-order valence-electron chi connectivity index (χ1n) is 5.66. The van der Waals surface area contributed by atoms with Crippen molar-refractivity contribution in [2.75, 3.05) is 0 Å². The number of hydrogen-bond donors (Lipinski definition) is 0. The Labute approximate surface area is 109 Å². The lowest BCUT2D eigenvalue weighted by Gasteiger charge is -2.19. The van der Waals surface area contributed by atoms with E-state index in [1.165, 1.54) is 11.1 Å². The SMILES string of the molecule is CC(C)(C)c1ccc(CC[Si](C)(Cl)Cl)cc1. The molecule has 0 radical (unpaired) electrons. The van der Waals surface area contributed by atoms with E-state index in [0.717, 1.165) is 12.5 Å². The molecule has 0 nitrogen and oxygen atoms in total. The quantitative estimate of drug-likeness (QED) is 0.533. The van der Waals surface area contributed by atoms with Crippen LogP contribution >= 0.6 is 22.2 Å². The lowest BCUT2D eigenvalue weighted by Crippen LogP contribution is -2.13. The number of aryl methyl sites for hydroxylation is 1. The van der Waals surface area contributed by atoms with E-state index in [2.05, 4.69) is 45.0 Å². The maximum absolute atomic E-state index is 6.09. The number of rotatable bonds is 3. The molecule has 0 saturated carbocycles. The van der Waals surface area contributed by atoms with Crippen molar-refractivity contribution in [3.05, 3.63) is 35.4 Å². The minimum absolute atomic E-state index is 0.223. The molecule has 0 aromatic heterocycles. The second-order valence-electron chi connectivity index (χ2n) is 5.52. The second kappa shape index (κ2) is 5.12. The number of halogens is 2. The van der Waals surface area contributed by atoms with Crippen LogP contribution in [0.2, 0.25) is 12.6 Å². The summed E-state index contributed by atoms with van der Waals surface area (Å²) in [5, 5.41) is 0. The first-order chi connectivity index (χ1) is 7.18. The zero-order valence-corrected chi connectivity index (χ0v) is 13.0. The van der Waals surface area contributed by atoms with Gasteiger partial charge in [-0.25, -0.2) is 0 Å². The summed E-state index contributed by atoms with van der Waals surface area (Å²) >= 11 is 12.2. The van der Waals surface area contributed by atoms with E-state index in [9.17, 15) is 0 Å². The molecule has 0 aliphatic rings. The Bertz CT molecular complexity index is 330. The largest absolute Gasteiger partial charge is 0.248 e. The summed E-state index contributed by atoms with van der Waals surface area (Å²) < 4.78 is 0. The van der Waals surface area contributed by atoms with E-state index in [4.69, 9.17) is 22.2 Å². The molecule has 1 rings (SSSR count). The Balaban J connectivity index is 2.66. The first-order valence-corrected chi connectivity index (χ1v) is 10.4. The van der Waals surface area contributed by atoms with Crippen LogP contribution in [0.5, 0.6) is 0 Å². The Morgan fingerprint density at radius 2 is 1.56 bits per heavy atom. The fourth-order valence-corrected chi connectivity index (χ4v) is 2.83. The van der Waals surface area contributed by atoms with E-state index in [1.807, 2.05) is 6.55 Å². The molecule has 3 heteroatoms. The highest BCUT2D eigenvalue weighted by molar-refractivity contribution is 7.44. The average molecular weight is 275 g/mol. The van der Waals surface area contributed by atoms with Gasteiger partial charge in [0.1, 0.15) is 0 Å². The molecule has 1 aromatic carbocycles. The molecule has 16 heavy (non-hydrogen) atoms. The molecule has 0 saturated heterocycles. The molecule has 0 aliphatic carbocycles. The Morgan fingerprint density at radius 1 is 1.06 bits per heavy atom. The summed E-state index contributed by atoms with van der Waals surface area (Å²) in [5.74, 6) is 0. The third-order valence-electron chi connectivity index (χ3n) is 2.67. The van der Waals surface area contributed by atoms with Gasteiger partial charge in [0.05, 0.1) is 0 Å². The summed E-state index contributed by atoms with van der Waals surface area (Å²) in [4.78, 5) is 0. The van der Waals surface area contributed by atoms with E-state index in [1.54, 1.807) is 0 Å².